The van der Waals surface area contributed by atoms with E-state index in [0.29, 0.717) is 28.8 Å². The normalized spacial score (nSPS) is 8.53. The molecule has 0 saturated heterocycles. The second-order valence-electron chi connectivity index (χ2n) is 5.48. The van der Waals surface area contributed by atoms with Crippen LogP contribution in [0.3, 0.4) is 0 Å². The Kier molecular flexibility index (Phi) is 25.0. The van der Waals surface area contributed by atoms with Gasteiger partial charge >= 0.3 is 42.0 Å². The van der Waals surface area contributed by atoms with Gasteiger partial charge in [-0.05, 0) is 48.6 Å². The number of carbonyl (C=O) groups excluding carboxylic acids is 2. The van der Waals surface area contributed by atoms with Crippen LogP contribution in [0.25, 0.3) is 0 Å². The number of aliphatic carboxylic acids is 2. The predicted octanol–water partition coefficient (Wildman–Crippen LogP) is -2.97. The van der Waals surface area contributed by atoms with Crippen molar-refractivity contribution in [2.45, 2.75) is 0 Å². The first-order valence-electron chi connectivity index (χ1n) is 9.16. The van der Waals surface area contributed by atoms with Gasteiger partial charge in [0.25, 0.3) is 0 Å². The first-order chi connectivity index (χ1) is 17.4. The number of carboxylic acid groups (broad SMARTS) is 2. The molecule has 0 N–H and O–H groups in total. The summed E-state index contributed by atoms with van der Waals surface area (Å²) in [6, 6.07) is 16.2. The molecule has 0 radical (unpaired) electrons. The van der Waals surface area contributed by atoms with E-state index in [4.69, 9.17) is 35.0 Å². The summed E-state index contributed by atoms with van der Waals surface area (Å²) < 4.78 is 8.55. The summed E-state index contributed by atoms with van der Waals surface area (Å²) in [6.07, 6.45) is 10.3. The molecule has 3 rings (SSSR count). The van der Waals surface area contributed by atoms with Crippen molar-refractivity contribution in [2.24, 2.45) is 0 Å². The van der Waals surface area contributed by atoms with Crippen molar-refractivity contribution in [3.8, 4) is 18.2 Å². The van der Waals surface area contributed by atoms with Gasteiger partial charge in [0.1, 0.15) is 18.2 Å². The number of hydrogen-bond donors (Lipinski definition) is 0. The average molecular weight is 564 g/mol. The third-order valence-corrected chi connectivity index (χ3v) is 2.73. The molecule has 14 nitrogen and oxygen atoms in total. The predicted molar refractivity (Wildman–Crippen MR) is 123 cm³/mol. The van der Waals surface area contributed by atoms with E-state index in [1.807, 2.05) is 18.2 Å². The summed E-state index contributed by atoms with van der Waals surface area (Å²) in [5.41, 5.74) is 1.81. The molecule has 3 aromatic rings. The third-order valence-electron chi connectivity index (χ3n) is 2.73. The van der Waals surface area contributed by atoms with Crippen molar-refractivity contribution in [1.29, 1.82) is 15.8 Å². The minimum atomic E-state index is -5.39. The molecule has 0 saturated carbocycles. The summed E-state index contributed by atoms with van der Waals surface area (Å²) in [5.74, 6) is -3.09. The van der Waals surface area contributed by atoms with Crippen molar-refractivity contribution in [3.05, 3.63) is 102 Å². The van der Waals surface area contributed by atoms with Gasteiger partial charge in [-0.15, -0.1) is 0 Å². The monoisotopic (exact) mass is 564 g/mol. The molecule has 3 aromatic heterocycles. The number of rotatable bonds is 2. The zero-order valence-corrected chi connectivity index (χ0v) is 22.3. The molecule has 0 bridgehead atoms. The van der Waals surface area contributed by atoms with Crippen molar-refractivity contribution < 1.29 is 43.3 Å². The van der Waals surface area contributed by atoms with Crippen LogP contribution in [0.4, 0.5) is 0 Å². The van der Waals surface area contributed by atoms with Crippen LogP contribution in [-0.2, 0) is 14.2 Å². The minimum absolute atomic E-state index is 0. The topological polar surface area (TPSA) is 277 Å². The largest absolute Gasteiger partial charge is 2.00 e. The fraction of sp³-hybridized carbons (Fsp3) is 0. The Morgan fingerprint density at radius 2 is 0.947 bits per heavy atom. The van der Waals surface area contributed by atoms with E-state index in [1.165, 1.54) is 18.6 Å². The second-order valence-corrected chi connectivity index (χ2v) is 6.37. The maximum Gasteiger partial charge on any atom is 2.00 e. The Balaban J connectivity index is -0.0000000919. The zero-order chi connectivity index (χ0) is 28.5. The van der Waals surface area contributed by atoms with Gasteiger partial charge in [0.15, 0.2) is 0 Å². The number of pyridine rings is 3. The molecule has 3 heterocycles. The molecule has 0 aliphatic heterocycles. The van der Waals surface area contributed by atoms with Crippen LogP contribution in [-0.4, -0.2) is 64.6 Å². The van der Waals surface area contributed by atoms with Crippen LogP contribution >= 0.6 is 7.82 Å². The van der Waals surface area contributed by atoms with Crippen molar-refractivity contribution >= 4 is 57.5 Å². The summed E-state index contributed by atoms with van der Waals surface area (Å²) in [7, 11) is -5.39. The maximum atomic E-state index is 9.41. The molecule has 0 fully saturated rings. The molecule has 0 amide bonds. The number of hydrogen-bond acceptors (Lipinski definition) is 14. The fourth-order valence-corrected chi connectivity index (χ4v) is 1.42. The first kappa shape index (κ1) is 38.5. The van der Waals surface area contributed by atoms with Gasteiger partial charge in [0.05, 0.1) is 28.6 Å². The number of carboxylic acids is 2. The Bertz CT molecular complexity index is 1150. The van der Waals surface area contributed by atoms with Crippen molar-refractivity contribution in [3.63, 3.8) is 0 Å². The van der Waals surface area contributed by atoms with Gasteiger partial charge in [0.2, 0.25) is 0 Å². The standard InChI is InChI=1S/3C6H4N2.C4H4O4.Ca.H3O4P/c3*7-4-6-2-1-3-8-5-6;5-3(6)1-2-4(7)8;;1-5(2,3)4/h3*1-3,5H;1-2H,(H,5,6)(H,7,8);;(H3,1,2,3,4)/q;;;;+2;/p-2/b;;;2-1-;;. The fourth-order valence-electron chi connectivity index (χ4n) is 1.42. The van der Waals surface area contributed by atoms with Crippen molar-refractivity contribution in [1.82, 2.24) is 15.0 Å². The Morgan fingerprint density at radius 1 is 0.711 bits per heavy atom. The molecule has 0 atom stereocenters. The van der Waals surface area contributed by atoms with Gasteiger partial charge < -0.3 is 39.0 Å². The zero-order valence-electron chi connectivity index (χ0n) is 22.2. The third kappa shape index (κ3) is 32.0. The van der Waals surface area contributed by atoms with E-state index < -0.39 is 19.8 Å². The number of nitriles is 3. The van der Waals surface area contributed by atoms with E-state index in [2.05, 4.69) is 15.0 Å². The Hall–Kier alpha value is -4.03. The molecule has 16 heteroatoms. The van der Waals surface area contributed by atoms with Gasteiger partial charge in [-0.2, -0.15) is 23.6 Å². The first-order valence-corrected chi connectivity index (χ1v) is 10.6. The van der Waals surface area contributed by atoms with Gasteiger partial charge in [0, 0.05) is 37.2 Å². The molecule has 190 valence electrons. The molecule has 0 aromatic carbocycles. The summed E-state index contributed by atoms with van der Waals surface area (Å²) in [5, 5.41) is 43.6. The number of aromatic nitrogens is 3. The number of carbonyl (C=O) groups is 2. The molecule has 0 spiro atoms. The van der Waals surface area contributed by atoms with Crippen molar-refractivity contribution in [2.75, 3.05) is 0 Å². The molecular formula is C22H17CaN6O8P. The van der Waals surface area contributed by atoms with E-state index in [1.54, 1.807) is 55.0 Å². The number of phosphoric acid groups is 1. The Morgan fingerprint density at radius 3 is 1.05 bits per heavy atom. The average Bonchev–Trinajstić information content (AvgIpc) is 2.89. The summed E-state index contributed by atoms with van der Waals surface area (Å²) in [6.45, 7) is 0. The molecule has 0 aliphatic rings. The summed E-state index contributed by atoms with van der Waals surface area (Å²) >= 11 is 0. The van der Waals surface area contributed by atoms with Crippen LogP contribution in [0.2, 0.25) is 0 Å². The maximum absolute atomic E-state index is 9.41. The summed E-state index contributed by atoms with van der Waals surface area (Å²) in [4.78, 5) is 55.7. The van der Waals surface area contributed by atoms with Gasteiger partial charge in [-0.1, -0.05) is 0 Å². The molecular weight excluding hydrogens is 547 g/mol. The second kappa shape index (κ2) is 24.7. The van der Waals surface area contributed by atoms with Gasteiger partial charge in [-0.3, -0.25) is 15.0 Å². The molecule has 38 heavy (non-hydrogen) atoms. The SMILES string of the molecule is N#Cc1cccnc1.N#Cc1cccnc1.N#Cc1cccnc1.O=C([O-])/C=C\C(=O)[O-].O=P([O-])([O-])[O-].[Ca+2].[H+].[H+].[H+]. The molecule has 0 unspecified atom stereocenters. The van der Waals surface area contributed by atoms with E-state index in [-0.39, 0.29) is 42.0 Å². The van der Waals surface area contributed by atoms with Gasteiger partial charge in [-0.25, -0.2) is 0 Å². The number of nitrogens with zero attached hydrogens (tertiary/aromatic N) is 6. The van der Waals surface area contributed by atoms with E-state index in [9.17, 15) is 19.8 Å². The minimum Gasteiger partial charge on any atom is -0.822 e. The van der Waals surface area contributed by atoms with E-state index in [0.717, 1.165) is 0 Å². The Labute approximate surface area is 251 Å². The van der Waals surface area contributed by atoms with E-state index >= 15 is 0 Å². The smallest absolute Gasteiger partial charge is 0.822 e. The van der Waals surface area contributed by atoms with Crippen LogP contribution < -0.4 is 24.9 Å². The van der Waals surface area contributed by atoms with Crippen LogP contribution in [0, 0.1) is 34.0 Å². The van der Waals surface area contributed by atoms with Crippen LogP contribution in [0.1, 0.15) is 21.0 Å². The van der Waals surface area contributed by atoms with Crippen LogP contribution in [0.15, 0.2) is 85.7 Å². The quantitative estimate of drug-likeness (QED) is 0.171. The van der Waals surface area contributed by atoms with Crippen LogP contribution in [0.5, 0.6) is 0 Å². The molecule has 0 aliphatic carbocycles.